The van der Waals surface area contributed by atoms with Gasteiger partial charge in [-0.1, -0.05) is 23.7 Å². The van der Waals surface area contributed by atoms with Gasteiger partial charge in [0.15, 0.2) is 5.78 Å². The molecule has 0 N–H and O–H groups in total. The smallest absolute Gasteiger partial charge is 0.157 e. The molecule has 1 unspecified atom stereocenters. The molecule has 2 rings (SSSR count). The molecule has 1 heterocycles. The number of hydrogen-bond acceptors (Lipinski definition) is 3. The first-order valence-corrected chi connectivity index (χ1v) is 6.36. The molecule has 4 heteroatoms. The van der Waals surface area contributed by atoms with Gasteiger partial charge in [-0.15, -0.1) is 0 Å². The monoisotopic (exact) mass is 263 g/mol. The fraction of sp³-hybridized carbons (Fsp3) is 0.429. The maximum absolute atomic E-state index is 12.3. The van der Waals surface area contributed by atoms with Gasteiger partial charge >= 0.3 is 0 Å². The Morgan fingerprint density at radius 1 is 1.33 bits per heavy atom. The molecule has 1 saturated heterocycles. The molecular formula is C14H14ClNO2. The summed E-state index contributed by atoms with van der Waals surface area (Å²) in [5.41, 5.74) is 0.721. The highest BCUT2D eigenvalue weighted by Gasteiger charge is 2.29. The van der Waals surface area contributed by atoms with Crippen LogP contribution in [0, 0.1) is 17.2 Å². The van der Waals surface area contributed by atoms with Crippen molar-refractivity contribution in [3.05, 3.63) is 34.9 Å². The molecule has 1 atom stereocenters. The lowest BCUT2D eigenvalue weighted by molar-refractivity contribution is -0.126. The van der Waals surface area contributed by atoms with E-state index in [0.717, 1.165) is 5.56 Å². The minimum atomic E-state index is -0.689. The van der Waals surface area contributed by atoms with Gasteiger partial charge in [0.2, 0.25) is 0 Å². The SMILES string of the molecule is N#CC(C(=O)C1CCOCC1)c1ccc(Cl)cc1. The van der Waals surface area contributed by atoms with Gasteiger partial charge in [-0.25, -0.2) is 0 Å². The summed E-state index contributed by atoms with van der Waals surface area (Å²) in [6.07, 6.45) is 1.43. The van der Waals surface area contributed by atoms with Crippen LogP contribution in [-0.4, -0.2) is 19.0 Å². The first-order valence-electron chi connectivity index (χ1n) is 5.99. The average Bonchev–Trinajstić information content (AvgIpc) is 2.42. The summed E-state index contributed by atoms with van der Waals surface area (Å²) < 4.78 is 5.23. The molecule has 0 radical (unpaired) electrons. The van der Waals surface area contributed by atoms with E-state index >= 15 is 0 Å². The number of hydrogen-bond donors (Lipinski definition) is 0. The highest BCUT2D eigenvalue weighted by Crippen LogP contribution is 2.26. The predicted octanol–water partition coefficient (Wildman–Crippen LogP) is 2.94. The maximum atomic E-state index is 12.3. The third-order valence-electron chi connectivity index (χ3n) is 3.24. The molecule has 94 valence electrons. The van der Waals surface area contributed by atoms with Crippen molar-refractivity contribution < 1.29 is 9.53 Å². The van der Waals surface area contributed by atoms with E-state index in [0.29, 0.717) is 31.1 Å². The van der Waals surface area contributed by atoms with Crippen LogP contribution in [0.4, 0.5) is 0 Å². The third kappa shape index (κ3) is 2.90. The van der Waals surface area contributed by atoms with Crippen molar-refractivity contribution in [2.75, 3.05) is 13.2 Å². The minimum absolute atomic E-state index is 0.00289. The molecule has 1 aromatic rings. The van der Waals surface area contributed by atoms with Crippen LogP contribution in [0.2, 0.25) is 5.02 Å². The number of ether oxygens (including phenoxy) is 1. The number of rotatable bonds is 3. The van der Waals surface area contributed by atoms with Crippen LogP contribution in [0.1, 0.15) is 24.3 Å². The van der Waals surface area contributed by atoms with Gasteiger partial charge < -0.3 is 4.74 Å². The lowest BCUT2D eigenvalue weighted by Crippen LogP contribution is -2.27. The number of ketones is 1. The van der Waals surface area contributed by atoms with Crippen LogP contribution >= 0.6 is 11.6 Å². The molecule has 1 aliphatic heterocycles. The quantitative estimate of drug-likeness (QED) is 0.842. The Labute approximate surface area is 111 Å². The molecule has 18 heavy (non-hydrogen) atoms. The molecule has 0 bridgehead atoms. The molecule has 3 nitrogen and oxygen atoms in total. The molecule has 0 saturated carbocycles. The third-order valence-corrected chi connectivity index (χ3v) is 3.49. The van der Waals surface area contributed by atoms with E-state index < -0.39 is 5.92 Å². The number of halogens is 1. The number of Topliss-reactive ketones (excluding diaryl/α,β-unsaturated/α-hetero) is 1. The molecule has 0 aromatic heterocycles. The Morgan fingerprint density at radius 2 is 1.94 bits per heavy atom. The number of nitriles is 1. The van der Waals surface area contributed by atoms with Gasteiger partial charge in [0.25, 0.3) is 0 Å². The lowest BCUT2D eigenvalue weighted by atomic mass is 9.84. The summed E-state index contributed by atoms with van der Waals surface area (Å²) >= 11 is 5.80. The van der Waals surface area contributed by atoms with Gasteiger partial charge in [-0.2, -0.15) is 5.26 Å². The average molecular weight is 264 g/mol. The number of carbonyl (C=O) groups excluding carboxylic acids is 1. The second kappa shape index (κ2) is 5.99. The van der Waals surface area contributed by atoms with Crippen molar-refractivity contribution in [3.63, 3.8) is 0 Å². The van der Waals surface area contributed by atoms with E-state index in [1.54, 1.807) is 24.3 Å². The Kier molecular flexibility index (Phi) is 4.35. The summed E-state index contributed by atoms with van der Waals surface area (Å²) in [4.78, 5) is 12.3. The largest absolute Gasteiger partial charge is 0.381 e. The number of carbonyl (C=O) groups is 1. The summed E-state index contributed by atoms with van der Waals surface area (Å²) in [7, 11) is 0. The first-order chi connectivity index (χ1) is 8.72. The minimum Gasteiger partial charge on any atom is -0.381 e. The molecule has 0 amide bonds. The standard InChI is InChI=1S/C14H14ClNO2/c15-12-3-1-10(2-4-12)13(9-16)14(17)11-5-7-18-8-6-11/h1-4,11,13H,5-8H2. The van der Waals surface area contributed by atoms with Crippen LogP contribution in [-0.2, 0) is 9.53 Å². The lowest BCUT2D eigenvalue weighted by Gasteiger charge is -2.22. The zero-order chi connectivity index (χ0) is 13.0. The van der Waals surface area contributed by atoms with Crippen molar-refractivity contribution in [1.82, 2.24) is 0 Å². The highest BCUT2D eigenvalue weighted by atomic mass is 35.5. The summed E-state index contributed by atoms with van der Waals surface area (Å²) in [5.74, 6) is -0.743. The summed E-state index contributed by atoms with van der Waals surface area (Å²) in [5, 5.41) is 9.82. The van der Waals surface area contributed by atoms with E-state index in [1.165, 1.54) is 0 Å². The predicted molar refractivity (Wildman–Crippen MR) is 68.4 cm³/mol. The van der Waals surface area contributed by atoms with E-state index in [9.17, 15) is 10.1 Å². The zero-order valence-electron chi connectivity index (χ0n) is 9.93. The van der Waals surface area contributed by atoms with Crippen LogP contribution in [0.25, 0.3) is 0 Å². The molecule has 1 fully saturated rings. The maximum Gasteiger partial charge on any atom is 0.157 e. The topological polar surface area (TPSA) is 50.1 Å². The molecular weight excluding hydrogens is 250 g/mol. The van der Waals surface area contributed by atoms with Crippen LogP contribution in [0.3, 0.4) is 0 Å². The highest BCUT2D eigenvalue weighted by molar-refractivity contribution is 6.30. The fourth-order valence-corrected chi connectivity index (χ4v) is 2.30. The van der Waals surface area contributed by atoms with Gasteiger partial charge in [-0.3, -0.25) is 4.79 Å². The molecule has 1 aromatic carbocycles. The summed E-state index contributed by atoms with van der Waals surface area (Å²) in [6.45, 7) is 1.21. The number of benzene rings is 1. The van der Waals surface area contributed by atoms with E-state index in [4.69, 9.17) is 16.3 Å². The van der Waals surface area contributed by atoms with Crippen molar-refractivity contribution in [1.29, 1.82) is 5.26 Å². The van der Waals surface area contributed by atoms with Gasteiger partial charge in [0.1, 0.15) is 5.92 Å². The van der Waals surface area contributed by atoms with Gasteiger partial charge in [0, 0.05) is 24.2 Å². The van der Waals surface area contributed by atoms with Crippen molar-refractivity contribution in [2.45, 2.75) is 18.8 Å². The van der Waals surface area contributed by atoms with E-state index in [1.807, 2.05) is 0 Å². The second-order valence-electron chi connectivity index (χ2n) is 4.40. The molecule has 1 aliphatic rings. The Bertz CT molecular complexity index is 458. The van der Waals surface area contributed by atoms with Crippen LogP contribution in [0.5, 0.6) is 0 Å². The fourth-order valence-electron chi connectivity index (χ4n) is 2.18. The van der Waals surface area contributed by atoms with Crippen LogP contribution in [0.15, 0.2) is 24.3 Å². The van der Waals surface area contributed by atoms with Crippen LogP contribution < -0.4 is 0 Å². The van der Waals surface area contributed by atoms with Gasteiger partial charge in [0.05, 0.1) is 6.07 Å². The zero-order valence-corrected chi connectivity index (χ0v) is 10.7. The van der Waals surface area contributed by atoms with Crippen molar-refractivity contribution >= 4 is 17.4 Å². The number of nitrogens with zero attached hydrogens (tertiary/aromatic N) is 1. The van der Waals surface area contributed by atoms with E-state index in [-0.39, 0.29) is 11.7 Å². The van der Waals surface area contributed by atoms with Crippen molar-refractivity contribution in [2.24, 2.45) is 5.92 Å². The second-order valence-corrected chi connectivity index (χ2v) is 4.84. The van der Waals surface area contributed by atoms with E-state index in [2.05, 4.69) is 6.07 Å². The first kappa shape index (κ1) is 13.1. The Hall–Kier alpha value is -1.37. The van der Waals surface area contributed by atoms with Crippen molar-refractivity contribution in [3.8, 4) is 6.07 Å². The normalized spacial score (nSPS) is 18.0. The Morgan fingerprint density at radius 3 is 2.50 bits per heavy atom. The van der Waals surface area contributed by atoms with Gasteiger partial charge in [-0.05, 0) is 30.5 Å². The Balaban J connectivity index is 2.15. The molecule has 0 aliphatic carbocycles. The molecule has 0 spiro atoms. The summed E-state index contributed by atoms with van der Waals surface area (Å²) in [6, 6.07) is 9.00.